The van der Waals surface area contributed by atoms with E-state index < -0.39 is 6.10 Å². The Morgan fingerprint density at radius 1 is 1.16 bits per heavy atom. The molecule has 1 heterocycles. The molecule has 2 N–H and O–H groups in total. The van der Waals surface area contributed by atoms with Gasteiger partial charge in [0.25, 0.3) is 0 Å². The first-order chi connectivity index (χ1) is 15.0. The van der Waals surface area contributed by atoms with Crippen molar-refractivity contribution in [1.82, 2.24) is 10.2 Å². The molecule has 0 aromatic heterocycles. The van der Waals surface area contributed by atoms with Crippen molar-refractivity contribution in [3.05, 3.63) is 53.1 Å². The minimum absolute atomic E-state index is 0.201. The summed E-state index contributed by atoms with van der Waals surface area (Å²) in [5.41, 5.74) is 3.58. The van der Waals surface area contributed by atoms with Crippen LogP contribution in [0.3, 0.4) is 0 Å². The lowest BCUT2D eigenvalue weighted by Crippen LogP contribution is -2.44. The maximum atomic E-state index is 10.4. The van der Waals surface area contributed by atoms with Gasteiger partial charge in [-0.1, -0.05) is 12.1 Å². The smallest absolute Gasteiger partial charge is 0.194 e. The Kier molecular flexibility index (Phi) is 8.00. The van der Waals surface area contributed by atoms with E-state index in [-0.39, 0.29) is 13.2 Å². The number of hydrogen-bond donors (Lipinski definition) is 2. The molecule has 2 aromatic rings. The van der Waals surface area contributed by atoms with Gasteiger partial charge >= 0.3 is 0 Å². The lowest BCUT2D eigenvalue weighted by Gasteiger charge is -2.32. The number of fused-ring (bicyclic) bond motifs is 1. The molecule has 0 amide bonds. The van der Waals surface area contributed by atoms with Crippen LogP contribution in [-0.2, 0) is 13.0 Å². The normalized spacial score (nSPS) is 14.6. The van der Waals surface area contributed by atoms with E-state index in [1.807, 2.05) is 44.2 Å². The molecule has 31 heavy (non-hydrogen) atoms. The van der Waals surface area contributed by atoms with Crippen LogP contribution in [0.15, 0.2) is 41.4 Å². The molecule has 0 fully saturated rings. The summed E-state index contributed by atoms with van der Waals surface area (Å²) in [6.07, 6.45) is 0.203. The van der Waals surface area contributed by atoms with Crippen molar-refractivity contribution in [2.24, 2.45) is 4.99 Å². The van der Waals surface area contributed by atoms with Crippen LogP contribution in [-0.4, -0.2) is 62.5 Å². The van der Waals surface area contributed by atoms with Crippen LogP contribution >= 0.6 is 0 Å². The predicted molar refractivity (Wildman–Crippen MR) is 122 cm³/mol. The van der Waals surface area contributed by atoms with Crippen LogP contribution in [0.4, 0.5) is 0 Å². The molecule has 0 radical (unpaired) electrons. The van der Waals surface area contributed by atoms with Crippen molar-refractivity contribution in [3.8, 4) is 17.2 Å². The Bertz CT molecular complexity index is 900. The van der Waals surface area contributed by atoms with Crippen LogP contribution in [0.25, 0.3) is 0 Å². The number of nitrogens with one attached hydrogen (secondary N) is 1. The van der Waals surface area contributed by atoms with E-state index in [0.717, 1.165) is 54.8 Å². The average Bonchev–Trinajstić information content (AvgIpc) is 2.79. The van der Waals surface area contributed by atoms with Crippen LogP contribution in [0.1, 0.15) is 23.6 Å². The Morgan fingerprint density at radius 2 is 1.90 bits per heavy atom. The molecule has 0 saturated carbocycles. The van der Waals surface area contributed by atoms with Crippen molar-refractivity contribution in [2.75, 3.05) is 40.5 Å². The summed E-state index contributed by atoms with van der Waals surface area (Å²) in [5, 5.41) is 13.7. The molecule has 1 unspecified atom stereocenters. The van der Waals surface area contributed by atoms with Crippen LogP contribution in [0.5, 0.6) is 17.2 Å². The molecule has 1 atom stereocenters. The molecule has 2 aromatic carbocycles. The first-order valence-corrected chi connectivity index (χ1v) is 10.7. The molecule has 7 nitrogen and oxygen atoms in total. The van der Waals surface area contributed by atoms with Crippen molar-refractivity contribution in [3.63, 3.8) is 0 Å². The minimum atomic E-state index is -0.685. The van der Waals surface area contributed by atoms with E-state index >= 15 is 0 Å². The SMILES string of the molecule is CCNC(=NCC(O)COc1cccc(C)c1)N1CCc2cc(OC)c(OC)cc2C1. The lowest BCUT2D eigenvalue weighted by atomic mass is 9.99. The first kappa shape index (κ1) is 22.7. The topological polar surface area (TPSA) is 75.6 Å². The maximum absolute atomic E-state index is 10.4. The van der Waals surface area contributed by atoms with Gasteiger partial charge in [0.1, 0.15) is 18.5 Å². The number of aliphatic imine (C=N–C) groups is 1. The summed E-state index contributed by atoms with van der Waals surface area (Å²) >= 11 is 0. The number of aliphatic hydroxyl groups is 1. The second-order valence-electron chi connectivity index (χ2n) is 7.62. The summed E-state index contributed by atoms with van der Waals surface area (Å²) in [6, 6.07) is 11.9. The van der Waals surface area contributed by atoms with Gasteiger partial charge in [-0.05, 0) is 61.2 Å². The Hall–Kier alpha value is -2.93. The standard InChI is InChI=1S/C24H33N3O4/c1-5-25-24(26-14-20(28)16-31-21-8-6-7-17(2)11-21)27-10-9-18-12-22(29-3)23(30-4)13-19(18)15-27/h6-8,11-13,20,28H,5,9-10,14-16H2,1-4H3,(H,25,26). The Labute approximate surface area is 184 Å². The lowest BCUT2D eigenvalue weighted by molar-refractivity contribution is 0.114. The van der Waals surface area contributed by atoms with Gasteiger partial charge < -0.3 is 29.5 Å². The Balaban J connectivity index is 1.64. The maximum Gasteiger partial charge on any atom is 0.194 e. The highest BCUT2D eigenvalue weighted by Crippen LogP contribution is 2.33. The Morgan fingerprint density at radius 3 is 2.58 bits per heavy atom. The third-order valence-electron chi connectivity index (χ3n) is 5.24. The van der Waals surface area contributed by atoms with Gasteiger partial charge in [0, 0.05) is 19.6 Å². The highest BCUT2D eigenvalue weighted by atomic mass is 16.5. The second kappa shape index (κ2) is 10.9. The third-order valence-corrected chi connectivity index (χ3v) is 5.24. The highest BCUT2D eigenvalue weighted by Gasteiger charge is 2.22. The van der Waals surface area contributed by atoms with Gasteiger partial charge in [0.15, 0.2) is 17.5 Å². The third kappa shape index (κ3) is 6.04. The van der Waals surface area contributed by atoms with Crippen molar-refractivity contribution >= 4 is 5.96 Å². The molecule has 1 aliphatic heterocycles. The number of ether oxygens (including phenoxy) is 3. The number of rotatable bonds is 8. The van der Waals surface area contributed by atoms with E-state index in [2.05, 4.69) is 21.3 Å². The fourth-order valence-electron chi connectivity index (χ4n) is 3.63. The van der Waals surface area contributed by atoms with Crippen molar-refractivity contribution in [1.29, 1.82) is 0 Å². The average molecular weight is 428 g/mol. The fraction of sp³-hybridized carbons (Fsp3) is 0.458. The largest absolute Gasteiger partial charge is 0.493 e. The fourth-order valence-corrected chi connectivity index (χ4v) is 3.63. The van der Waals surface area contributed by atoms with E-state index in [4.69, 9.17) is 14.2 Å². The number of aliphatic hydroxyl groups excluding tert-OH is 1. The molecule has 7 heteroatoms. The number of hydrogen-bond acceptors (Lipinski definition) is 5. The minimum Gasteiger partial charge on any atom is -0.493 e. The number of nitrogens with zero attached hydrogens (tertiary/aromatic N) is 2. The van der Waals surface area contributed by atoms with Crippen LogP contribution in [0, 0.1) is 6.92 Å². The van der Waals surface area contributed by atoms with E-state index in [0.29, 0.717) is 0 Å². The van der Waals surface area contributed by atoms with Gasteiger partial charge in [0.05, 0.1) is 20.8 Å². The number of guanidine groups is 1. The first-order valence-electron chi connectivity index (χ1n) is 10.7. The predicted octanol–water partition coefficient (Wildman–Crippen LogP) is 2.78. The number of methoxy groups -OCH3 is 2. The summed E-state index contributed by atoms with van der Waals surface area (Å²) in [4.78, 5) is 6.86. The van der Waals surface area contributed by atoms with Gasteiger partial charge in [-0.3, -0.25) is 4.99 Å². The second-order valence-corrected chi connectivity index (χ2v) is 7.62. The van der Waals surface area contributed by atoms with Gasteiger partial charge in [0.2, 0.25) is 0 Å². The molecule has 1 aliphatic rings. The molecule has 168 valence electrons. The summed E-state index contributed by atoms with van der Waals surface area (Å²) in [7, 11) is 3.31. The molecular formula is C24H33N3O4. The zero-order valence-electron chi connectivity index (χ0n) is 18.9. The summed E-state index contributed by atoms with van der Waals surface area (Å²) < 4.78 is 16.6. The molecule has 0 spiro atoms. The zero-order chi connectivity index (χ0) is 22.2. The van der Waals surface area contributed by atoms with Gasteiger partial charge in [-0.15, -0.1) is 0 Å². The summed E-state index contributed by atoms with van der Waals surface area (Å²) in [5.74, 6) is 3.03. The van der Waals surface area contributed by atoms with E-state index in [1.54, 1.807) is 14.2 Å². The molecule has 0 bridgehead atoms. The highest BCUT2D eigenvalue weighted by molar-refractivity contribution is 5.80. The number of aryl methyl sites for hydroxylation is 1. The van der Waals surface area contributed by atoms with Crippen LogP contribution < -0.4 is 19.5 Å². The van der Waals surface area contributed by atoms with Gasteiger partial charge in [-0.2, -0.15) is 0 Å². The quantitative estimate of drug-likeness (QED) is 0.498. The van der Waals surface area contributed by atoms with Crippen molar-refractivity contribution < 1.29 is 19.3 Å². The summed E-state index contributed by atoms with van der Waals surface area (Å²) in [6.45, 7) is 6.83. The van der Waals surface area contributed by atoms with E-state index in [1.165, 1.54) is 11.1 Å². The van der Waals surface area contributed by atoms with Crippen molar-refractivity contribution in [2.45, 2.75) is 32.9 Å². The van der Waals surface area contributed by atoms with Gasteiger partial charge in [-0.25, -0.2) is 0 Å². The molecule has 0 saturated heterocycles. The molecule has 0 aliphatic carbocycles. The molecular weight excluding hydrogens is 394 g/mol. The monoisotopic (exact) mass is 427 g/mol. The van der Waals surface area contributed by atoms with E-state index in [9.17, 15) is 5.11 Å². The number of benzene rings is 2. The zero-order valence-corrected chi connectivity index (χ0v) is 18.9. The molecule has 3 rings (SSSR count). The van der Waals surface area contributed by atoms with Crippen LogP contribution in [0.2, 0.25) is 0 Å².